The molecule has 2 aromatic rings. The maximum atomic E-state index is 13.2. The Kier molecular flexibility index (Phi) is 4.10. The van der Waals surface area contributed by atoms with Crippen molar-refractivity contribution in [2.45, 2.75) is 18.7 Å². The lowest BCUT2D eigenvalue weighted by Gasteiger charge is -2.11. The number of benzene rings is 1. The van der Waals surface area contributed by atoms with Gasteiger partial charge in [-0.1, -0.05) is 6.07 Å². The molecule has 1 aromatic heterocycles. The van der Waals surface area contributed by atoms with E-state index < -0.39 is 15.8 Å². The highest BCUT2D eigenvalue weighted by molar-refractivity contribution is 9.10. The van der Waals surface area contributed by atoms with Crippen molar-refractivity contribution in [3.63, 3.8) is 0 Å². The minimum atomic E-state index is -3.84. The molecule has 0 spiro atoms. The zero-order valence-electron chi connectivity index (χ0n) is 10.8. The Morgan fingerprint density at radius 3 is 2.55 bits per heavy atom. The monoisotopic (exact) mass is 358 g/mol. The van der Waals surface area contributed by atoms with E-state index in [-0.39, 0.29) is 4.90 Å². The molecule has 0 saturated carbocycles. The Hall–Kier alpha value is -1.47. The lowest BCUT2D eigenvalue weighted by molar-refractivity contribution is 0.594. The molecule has 2 rings (SSSR count). The highest BCUT2D eigenvalue weighted by Gasteiger charge is 2.18. The molecule has 0 aliphatic rings. The van der Waals surface area contributed by atoms with Crippen LogP contribution in [0.15, 0.2) is 40.0 Å². The molecule has 7 heteroatoms. The lowest BCUT2D eigenvalue weighted by Crippen LogP contribution is -2.15. The summed E-state index contributed by atoms with van der Waals surface area (Å²) >= 11 is 3.24. The van der Waals surface area contributed by atoms with E-state index >= 15 is 0 Å². The van der Waals surface area contributed by atoms with Crippen molar-refractivity contribution < 1.29 is 12.8 Å². The van der Waals surface area contributed by atoms with Gasteiger partial charge in [-0.15, -0.1) is 0 Å². The second-order valence-electron chi connectivity index (χ2n) is 4.35. The summed E-state index contributed by atoms with van der Waals surface area (Å²) in [5.41, 5.74) is 1.59. The molecular formula is C13H12BrFN2O2S. The van der Waals surface area contributed by atoms with Gasteiger partial charge in [0.05, 0.1) is 16.8 Å². The third-order valence-corrected chi connectivity index (χ3v) is 5.06. The largest absolute Gasteiger partial charge is 0.278 e. The second kappa shape index (κ2) is 5.49. The van der Waals surface area contributed by atoms with E-state index in [1.165, 1.54) is 18.3 Å². The first kappa shape index (κ1) is 14.9. The zero-order valence-corrected chi connectivity index (χ0v) is 13.2. The predicted molar refractivity (Wildman–Crippen MR) is 78.6 cm³/mol. The quantitative estimate of drug-likeness (QED) is 0.855. The van der Waals surface area contributed by atoms with Gasteiger partial charge in [-0.3, -0.25) is 4.72 Å². The SMILES string of the molecule is Cc1ccc(F)cc1S(=O)(=O)Nc1cnc(Br)c(C)c1. The first-order valence-corrected chi connectivity index (χ1v) is 7.98. The van der Waals surface area contributed by atoms with Crippen molar-refractivity contribution >= 4 is 31.6 Å². The van der Waals surface area contributed by atoms with Crippen molar-refractivity contribution in [3.8, 4) is 0 Å². The van der Waals surface area contributed by atoms with Crippen LogP contribution in [0.5, 0.6) is 0 Å². The van der Waals surface area contributed by atoms with Gasteiger partial charge in [-0.05, 0) is 59.1 Å². The van der Waals surface area contributed by atoms with Crippen LogP contribution in [0.3, 0.4) is 0 Å². The van der Waals surface area contributed by atoms with Crippen molar-refractivity contribution in [2.75, 3.05) is 4.72 Å². The third-order valence-electron chi connectivity index (χ3n) is 2.71. The Morgan fingerprint density at radius 1 is 1.20 bits per heavy atom. The fourth-order valence-corrected chi connectivity index (χ4v) is 3.20. The molecule has 0 saturated heterocycles. The number of rotatable bonds is 3. The number of anilines is 1. The number of aryl methyl sites for hydroxylation is 2. The molecule has 0 unspecified atom stereocenters. The molecule has 0 amide bonds. The van der Waals surface area contributed by atoms with Gasteiger partial charge in [0.25, 0.3) is 10.0 Å². The van der Waals surface area contributed by atoms with E-state index in [0.717, 1.165) is 11.6 Å². The number of halogens is 2. The highest BCUT2D eigenvalue weighted by atomic mass is 79.9. The van der Waals surface area contributed by atoms with Crippen LogP contribution < -0.4 is 4.72 Å². The van der Waals surface area contributed by atoms with Crippen molar-refractivity contribution in [2.24, 2.45) is 0 Å². The molecule has 20 heavy (non-hydrogen) atoms. The summed E-state index contributed by atoms with van der Waals surface area (Å²) in [5, 5.41) is 0. The van der Waals surface area contributed by atoms with E-state index in [4.69, 9.17) is 0 Å². The van der Waals surface area contributed by atoms with Crippen LogP contribution in [0.2, 0.25) is 0 Å². The molecule has 0 aliphatic carbocycles. The molecule has 1 heterocycles. The molecule has 0 atom stereocenters. The van der Waals surface area contributed by atoms with Gasteiger partial charge < -0.3 is 0 Å². The Balaban J connectivity index is 2.40. The normalized spacial score (nSPS) is 11.4. The molecule has 0 fully saturated rings. The fourth-order valence-electron chi connectivity index (χ4n) is 1.69. The van der Waals surface area contributed by atoms with Gasteiger partial charge in [0.15, 0.2) is 0 Å². The van der Waals surface area contributed by atoms with Crippen LogP contribution in [0.1, 0.15) is 11.1 Å². The molecule has 0 bridgehead atoms. The van der Waals surface area contributed by atoms with E-state index in [1.54, 1.807) is 19.9 Å². The maximum absolute atomic E-state index is 13.2. The van der Waals surface area contributed by atoms with Gasteiger partial charge in [-0.25, -0.2) is 17.8 Å². The highest BCUT2D eigenvalue weighted by Crippen LogP contribution is 2.22. The standard InChI is InChI=1S/C13H12BrFN2O2S/c1-8-3-4-10(15)6-12(8)20(18,19)17-11-5-9(2)13(14)16-7-11/h3-7,17H,1-2H3. The number of hydrogen-bond donors (Lipinski definition) is 1. The smallest absolute Gasteiger partial charge is 0.262 e. The summed E-state index contributed by atoms with van der Waals surface area (Å²) in [6.45, 7) is 3.40. The summed E-state index contributed by atoms with van der Waals surface area (Å²) in [4.78, 5) is 3.93. The van der Waals surface area contributed by atoms with Crippen molar-refractivity contribution in [3.05, 3.63) is 52.0 Å². The van der Waals surface area contributed by atoms with Crippen molar-refractivity contribution in [1.82, 2.24) is 4.98 Å². The third kappa shape index (κ3) is 3.16. The van der Waals surface area contributed by atoms with E-state index in [2.05, 4.69) is 25.6 Å². The summed E-state index contributed by atoms with van der Waals surface area (Å²) in [6, 6.07) is 5.29. The number of nitrogens with one attached hydrogen (secondary N) is 1. The average molecular weight is 359 g/mol. The summed E-state index contributed by atoms with van der Waals surface area (Å²) in [5.74, 6) is -0.596. The van der Waals surface area contributed by atoms with Gasteiger partial charge in [0.2, 0.25) is 0 Å². The fraction of sp³-hybridized carbons (Fsp3) is 0.154. The summed E-state index contributed by atoms with van der Waals surface area (Å²) in [6.07, 6.45) is 1.39. The number of hydrogen-bond acceptors (Lipinski definition) is 3. The van der Waals surface area contributed by atoms with Gasteiger partial charge in [0, 0.05) is 0 Å². The van der Waals surface area contributed by atoms with Crippen LogP contribution >= 0.6 is 15.9 Å². The van der Waals surface area contributed by atoms with E-state index in [9.17, 15) is 12.8 Å². The van der Waals surface area contributed by atoms with Crippen LogP contribution in [-0.2, 0) is 10.0 Å². The molecule has 0 radical (unpaired) electrons. The minimum Gasteiger partial charge on any atom is -0.278 e. The number of nitrogens with zero attached hydrogens (tertiary/aromatic N) is 1. The molecule has 1 aromatic carbocycles. The maximum Gasteiger partial charge on any atom is 0.262 e. The van der Waals surface area contributed by atoms with Crippen LogP contribution in [0.4, 0.5) is 10.1 Å². The minimum absolute atomic E-state index is 0.0851. The molecule has 106 valence electrons. The van der Waals surface area contributed by atoms with Crippen LogP contribution in [0.25, 0.3) is 0 Å². The van der Waals surface area contributed by atoms with E-state index in [0.29, 0.717) is 15.9 Å². The first-order chi connectivity index (χ1) is 9.29. The average Bonchev–Trinajstić information content (AvgIpc) is 2.36. The Bertz CT molecular complexity index is 763. The van der Waals surface area contributed by atoms with Gasteiger partial charge >= 0.3 is 0 Å². The predicted octanol–water partition coefficient (Wildman–Crippen LogP) is 3.40. The lowest BCUT2D eigenvalue weighted by atomic mass is 10.2. The summed E-state index contributed by atoms with van der Waals surface area (Å²) in [7, 11) is -3.84. The van der Waals surface area contributed by atoms with Crippen molar-refractivity contribution in [1.29, 1.82) is 0 Å². The van der Waals surface area contributed by atoms with Gasteiger partial charge in [-0.2, -0.15) is 0 Å². The molecule has 0 aliphatic heterocycles. The Morgan fingerprint density at radius 2 is 1.90 bits per heavy atom. The number of pyridine rings is 1. The summed E-state index contributed by atoms with van der Waals surface area (Å²) < 4.78 is 40.8. The molecular weight excluding hydrogens is 347 g/mol. The van der Waals surface area contributed by atoms with Crippen LogP contribution in [-0.4, -0.2) is 13.4 Å². The topological polar surface area (TPSA) is 59.1 Å². The molecule has 1 N–H and O–H groups in total. The first-order valence-electron chi connectivity index (χ1n) is 5.71. The van der Waals surface area contributed by atoms with Crippen LogP contribution in [0, 0.1) is 19.7 Å². The molecule has 4 nitrogen and oxygen atoms in total. The second-order valence-corrected chi connectivity index (χ2v) is 6.75. The number of aromatic nitrogens is 1. The van der Waals surface area contributed by atoms with Gasteiger partial charge in [0.1, 0.15) is 10.4 Å². The zero-order chi connectivity index (χ0) is 14.9. The Labute approximate surface area is 125 Å². The number of sulfonamides is 1. The van der Waals surface area contributed by atoms with E-state index in [1.807, 2.05) is 0 Å².